The Morgan fingerprint density at radius 2 is 1.81 bits per heavy atom. The van der Waals surface area contributed by atoms with Crippen LogP contribution < -0.4 is 10.9 Å². The van der Waals surface area contributed by atoms with Crippen LogP contribution in [0.5, 0.6) is 0 Å². The molecule has 170 valence electrons. The van der Waals surface area contributed by atoms with Crippen molar-refractivity contribution in [2.45, 2.75) is 38.2 Å². The van der Waals surface area contributed by atoms with E-state index in [9.17, 15) is 18.0 Å². The highest BCUT2D eigenvalue weighted by Crippen LogP contribution is 2.32. The molecule has 0 aliphatic carbocycles. The standard InChI is InChI=1S/C24H27F3N4O/c1-14(16-5-4-6-17(21(16)25)22(26)27)29-20-7-10-28-23-19(20)13-18(24(32)31(23)3)15-8-11-30(2)12-9-15/h4-7,10,13-15,22H,8-9,11-12H2,1-3H3,(H,28,29)/t14-/m1/s1. The van der Waals surface area contributed by atoms with Crippen LogP contribution in [0.1, 0.15) is 54.8 Å². The Hall–Kier alpha value is -2.87. The smallest absolute Gasteiger partial charge is 0.266 e. The minimum Gasteiger partial charge on any atom is -0.378 e. The molecule has 0 saturated carbocycles. The SMILES string of the molecule is C[C@@H](Nc1ccnc2c1cc(C1CCN(C)CC1)c(=O)n2C)c1cccc(C(F)F)c1F. The van der Waals surface area contributed by atoms with Crippen LogP contribution in [-0.4, -0.2) is 34.6 Å². The van der Waals surface area contributed by atoms with Crippen LogP contribution in [0.4, 0.5) is 18.9 Å². The normalized spacial score (nSPS) is 16.6. The molecule has 1 N–H and O–H groups in total. The van der Waals surface area contributed by atoms with Gasteiger partial charge >= 0.3 is 0 Å². The van der Waals surface area contributed by atoms with E-state index >= 15 is 0 Å². The van der Waals surface area contributed by atoms with Crippen LogP contribution in [0.2, 0.25) is 0 Å². The van der Waals surface area contributed by atoms with Crippen molar-refractivity contribution in [3.63, 3.8) is 0 Å². The summed E-state index contributed by atoms with van der Waals surface area (Å²) in [6.07, 6.45) is 0.512. The van der Waals surface area contributed by atoms with Crippen LogP contribution in [0.15, 0.2) is 41.3 Å². The maximum atomic E-state index is 14.7. The predicted molar refractivity (Wildman–Crippen MR) is 120 cm³/mol. The van der Waals surface area contributed by atoms with E-state index in [2.05, 4.69) is 22.2 Å². The van der Waals surface area contributed by atoms with Gasteiger partial charge in [0, 0.05) is 35.4 Å². The zero-order chi connectivity index (χ0) is 23.0. The molecule has 1 saturated heterocycles. The van der Waals surface area contributed by atoms with Crippen molar-refractivity contribution in [1.29, 1.82) is 0 Å². The number of halogens is 3. The first-order chi connectivity index (χ1) is 15.3. The number of alkyl halides is 2. The Morgan fingerprint density at radius 1 is 1.12 bits per heavy atom. The summed E-state index contributed by atoms with van der Waals surface area (Å²) in [5.41, 5.74) is 1.44. The highest BCUT2D eigenvalue weighted by molar-refractivity contribution is 5.89. The van der Waals surface area contributed by atoms with Gasteiger partial charge in [-0.3, -0.25) is 9.36 Å². The third-order valence-electron chi connectivity index (χ3n) is 6.43. The number of benzene rings is 1. The number of likely N-dealkylation sites (tertiary alicyclic amines) is 1. The molecule has 5 nitrogen and oxygen atoms in total. The van der Waals surface area contributed by atoms with Crippen molar-refractivity contribution >= 4 is 16.7 Å². The Bertz CT molecular complexity index is 1190. The predicted octanol–water partition coefficient (Wildman–Crippen LogP) is 4.99. The number of hydrogen-bond donors (Lipinski definition) is 1. The second-order valence-electron chi connectivity index (χ2n) is 8.55. The summed E-state index contributed by atoms with van der Waals surface area (Å²) in [7, 11) is 3.78. The molecule has 2 aromatic heterocycles. The fourth-order valence-electron chi connectivity index (χ4n) is 4.50. The van der Waals surface area contributed by atoms with Crippen LogP contribution in [0.3, 0.4) is 0 Å². The molecule has 4 rings (SSSR count). The third-order valence-corrected chi connectivity index (χ3v) is 6.43. The fourth-order valence-corrected chi connectivity index (χ4v) is 4.50. The fraction of sp³-hybridized carbons (Fsp3) is 0.417. The summed E-state index contributed by atoms with van der Waals surface area (Å²) in [5, 5.41) is 3.99. The number of hydrogen-bond acceptors (Lipinski definition) is 4. The van der Waals surface area contributed by atoms with Gasteiger partial charge in [-0.25, -0.2) is 18.2 Å². The number of piperidine rings is 1. The average Bonchev–Trinajstić information content (AvgIpc) is 2.77. The number of nitrogens with one attached hydrogen (secondary N) is 1. The monoisotopic (exact) mass is 444 g/mol. The van der Waals surface area contributed by atoms with E-state index < -0.39 is 23.8 Å². The molecule has 8 heteroatoms. The highest BCUT2D eigenvalue weighted by Gasteiger charge is 2.24. The van der Waals surface area contributed by atoms with Gasteiger partial charge < -0.3 is 10.2 Å². The molecule has 1 fully saturated rings. The minimum atomic E-state index is -2.88. The van der Waals surface area contributed by atoms with Gasteiger partial charge in [-0.2, -0.15) is 0 Å². The highest BCUT2D eigenvalue weighted by atomic mass is 19.3. The van der Waals surface area contributed by atoms with Crippen molar-refractivity contribution in [2.75, 3.05) is 25.5 Å². The van der Waals surface area contributed by atoms with Crippen LogP contribution in [0.25, 0.3) is 11.0 Å². The first-order valence-corrected chi connectivity index (χ1v) is 10.8. The summed E-state index contributed by atoms with van der Waals surface area (Å²) >= 11 is 0. The summed E-state index contributed by atoms with van der Waals surface area (Å²) in [4.78, 5) is 19.7. The van der Waals surface area contributed by atoms with E-state index in [1.165, 1.54) is 12.1 Å². The van der Waals surface area contributed by atoms with Gasteiger partial charge in [0.15, 0.2) is 0 Å². The van der Waals surface area contributed by atoms with Gasteiger partial charge in [0.25, 0.3) is 12.0 Å². The Labute approximate surface area is 184 Å². The molecule has 32 heavy (non-hydrogen) atoms. The molecule has 1 aliphatic heterocycles. The summed E-state index contributed by atoms with van der Waals surface area (Å²) < 4.78 is 42.5. The number of anilines is 1. The van der Waals surface area contributed by atoms with Gasteiger partial charge in [0.2, 0.25) is 0 Å². The Balaban J connectivity index is 1.74. The maximum Gasteiger partial charge on any atom is 0.266 e. The molecule has 0 bridgehead atoms. The number of rotatable bonds is 5. The van der Waals surface area contributed by atoms with E-state index in [0.717, 1.165) is 42.9 Å². The quantitative estimate of drug-likeness (QED) is 0.602. The second kappa shape index (κ2) is 8.94. The summed E-state index contributed by atoms with van der Waals surface area (Å²) in [5.74, 6) is -0.736. The number of aryl methyl sites for hydroxylation is 1. The molecule has 3 heterocycles. The molecule has 0 unspecified atom stereocenters. The lowest BCUT2D eigenvalue weighted by Crippen LogP contribution is -2.33. The molecular formula is C24H27F3N4O. The first kappa shape index (κ1) is 22.3. The van der Waals surface area contributed by atoms with Crippen molar-refractivity contribution in [1.82, 2.24) is 14.5 Å². The van der Waals surface area contributed by atoms with Gasteiger partial charge in [0.1, 0.15) is 11.5 Å². The average molecular weight is 445 g/mol. The molecular weight excluding hydrogens is 417 g/mol. The number of fused-ring (bicyclic) bond motifs is 1. The molecule has 1 aromatic carbocycles. The lowest BCUT2D eigenvalue weighted by molar-refractivity contribution is 0.146. The number of nitrogens with zero attached hydrogens (tertiary/aromatic N) is 3. The third kappa shape index (κ3) is 4.11. The largest absolute Gasteiger partial charge is 0.378 e. The van der Waals surface area contributed by atoms with Crippen molar-refractivity contribution in [3.05, 3.63) is 69.4 Å². The van der Waals surface area contributed by atoms with Crippen molar-refractivity contribution in [2.24, 2.45) is 7.05 Å². The van der Waals surface area contributed by atoms with Crippen LogP contribution in [0, 0.1) is 5.82 Å². The van der Waals surface area contributed by atoms with Crippen LogP contribution in [-0.2, 0) is 7.05 Å². The van der Waals surface area contributed by atoms with Gasteiger partial charge in [0.05, 0.1) is 11.6 Å². The topological polar surface area (TPSA) is 50.2 Å². The first-order valence-electron chi connectivity index (χ1n) is 10.8. The maximum absolute atomic E-state index is 14.7. The zero-order valence-corrected chi connectivity index (χ0v) is 18.4. The van der Waals surface area contributed by atoms with Gasteiger partial charge in [-0.1, -0.05) is 18.2 Å². The summed E-state index contributed by atoms with van der Waals surface area (Å²) in [6.45, 7) is 3.58. The van der Waals surface area contributed by atoms with Gasteiger partial charge in [-0.15, -0.1) is 0 Å². The lowest BCUT2D eigenvalue weighted by Gasteiger charge is -2.29. The van der Waals surface area contributed by atoms with E-state index in [4.69, 9.17) is 0 Å². The molecule has 0 spiro atoms. The second-order valence-corrected chi connectivity index (χ2v) is 8.55. The van der Waals surface area contributed by atoms with E-state index in [1.54, 1.807) is 30.8 Å². The Kier molecular flexibility index (Phi) is 6.24. The van der Waals surface area contributed by atoms with Crippen LogP contribution >= 0.6 is 0 Å². The van der Waals surface area contributed by atoms with Crippen molar-refractivity contribution in [3.8, 4) is 0 Å². The minimum absolute atomic E-state index is 0.0552. The molecule has 0 radical (unpaired) electrons. The molecule has 3 aromatic rings. The Morgan fingerprint density at radius 3 is 2.50 bits per heavy atom. The number of pyridine rings is 2. The van der Waals surface area contributed by atoms with E-state index in [1.807, 2.05) is 6.07 Å². The van der Waals surface area contributed by atoms with E-state index in [-0.39, 0.29) is 17.0 Å². The number of aromatic nitrogens is 2. The van der Waals surface area contributed by atoms with E-state index in [0.29, 0.717) is 11.3 Å². The molecule has 1 atom stereocenters. The van der Waals surface area contributed by atoms with Crippen molar-refractivity contribution < 1.29 is 13.2 Å². The summed E-state index contributed by atoms with van der Waals surface area (Å²) in [6, 6.07) is 7.12. The molecule has 1 aliphatic rings. The molecule has 0 amide bonds. The van der Waals surface area contributed by atoms with Gasteiger partial charge in [-0.05, 0) is 58.0 Å². The lowest BCUT2D eigenvalue weighted by atomic mass is 9.89. The zero-order valence-electron chi connectivity index (χ0n) is 18.4.